The molecule has 28 heavy (non-hydrogen) atoms. The summed E-state index contributed by atoms with van der Waals surface area (Å²) in [6.45, 7) is 2.73. The molecule has 1 aliphatic heterocycles. The fraction of sp³-hybridized carbons (Fsp3) is 0.524. The summed E-state index contributed by atoms with van der Waals surface area (Å²) in [5.41, 5.74) is 1.06. The van der Waals surface area contributed by atoms with Crippen molar-refractivity contribution >= 4 is 22.8 Å². The van der Waals surface area contributed by atoms with Gasteiger partial charge in [-0.1, -0.05) is 6.07 Å². The molecule has 0 aliphatic carbocycles. The highest BCUT2D eigenvalue weighted by atomic mass is 16.5. The van der Waals surface area contributed by atoms with Gasteiger partial charge in [-0.15, -0.1) is 0 Å². The van der Waals surface area contributed by atoms with E-state index in [-0.39, 0.29) is 24.4 Å². The Morgan fingerprint density at radius 2 is 1.93 bits per heavy atom. The predicted molar refractivity (Wildman–Crippen MR) is 105 cm³/mol. The van der Waals surface area contributed by atoms with Crippen LogP contribution in [0.1, 0.15) is 19.3 Å². The van der Waals surface area contributed by atoms with Gasteiger partial charge in [0.1, 0.15) is 5.75 Å². The number of esters is 1. The van der Waals surface area contributed by atoms with E-state index in [9.17, 15) is 9.59 Å². The van der Waals surface area contributed by atoms with Gasteiger partial charge in [-0.2, -0.15) is 0 Å². The highest BCUT2D eigenvalue weighted by Gasteiger charge is 2.25. The van der Waals surface area contributed by atoms with Gasteiger partial charge in [0.05, 0.1) is 19.2 Å². The lowest BCUT2D eigenvalue weighted by atomic mass is 9.93. The molecule has 0 spiro atoms. The number of benzene rings is 1. The minimum absolute atomic E-state index is 0.0179. The molecule has 0 N–H and O–H groups in total. The van der Waals surface area contributed by atoms with E-state index in [0.717, 1.165) is 30.3 Å². The number of nitrogens with zero attached hydrogens (tertiary/aromatic N) is 2. The maximum Gasteiger partial charge on any atom is 0.305 e. The molecule has 0 unspecified atom stereocenters. The Bertz CT molecular complexity index is 808. The molecule has 1 aliphatic rings. The number of piperidine rings is 1. The molecule has 1 aromatic heterocycles. The van der Waals surface area contributed by atoms with Crippen LogP contribution >= 0.6 is 0 Å². The predicted octanol–water partition coefficient (Wildman–Crippen LogP) is 2.47. The number of fused-ring (bicyclic) bond motifs is 1. The van der Waals surface area contributed by atoms with Gasteiger partial charge >= 0.3 is 5.97 Å². The van der Waals surface area contributed by atoms with Crippen molar-refractivity contribution in [2.75, 3.05) is 40.5 Å². The van der Waals surface area contributed by atoms with Crippen LogP contribution in [0.25, 0.3) is 10.9 Å². The molecule has 2 aromatic rings. The van der Waals surface area contributed by atoms with Crippen molar-refractivity contribution in [3.8, 4) is 5.75 Å². The van der Waals surface area contributed by atoms with Crippen molar-refractivity contribution in [2.24, 2.45) is 5.92 Å². The van der Waals surface area contributed by atoms with Crippen LogP contribution in [0.5, 0.6) is 5.75 Å². The second-order valence-electron chi connectivity index (χ2n) is 7.08. The van der Waals surface area contributed by atoms with Gasteiger partial charge in [-0.05, 0) is 37.0 Å². The first-order valence-corrected chi connectivity index (χ1v) is 9.66. The highest BCUT2D eigenvalue weighted by molar-refractivity contribution is 5.87. The summed E-state index contributed by atoms with van der Waals surface area (Å²) in [6.07, 6.45) is 4.07. The van der Waals surface area contributed by atoms with Crippen molar-refractivity contribution < 1.29 is 23.8 Å². The fourth-order valence-electron chi connectivity index (χ4n) is 3.64. The molecule has 7 nitrogen and oxygen atoms in total. The molecular weight excluding hydrogens is 360 g/mol. The molecule has 2 heterocycles. The number of carbonyl (C=O) groups excluding carboxylic acids is 2. The standard InChI is InChI=1S/C21H28N2O5/c1-26-13-12-22-11-8-17-18(22)4-3-5-19(17)28-15-20(24)23-9-6-16(7-10-23)14-21(25)27-2/h3-5,8,11,16H,6-7,9-10,12-15H2,1-2H3. The number of likely N-dealkylation sites (tertiary alicyclic amines) is 1. The maximum absolute atomic E-state index is 12.5. The zero-order chi connectivity index (χ0) is 19.9. The Kier molecular flexibility index (Phi) is 6.92. The van der Waals surface area contributed by atoms with Crippen LogP contribution in [-0.4, -0.2) is 61.9 Å². The van der Waals surface area contributed by atoms with Gasteiger partial charge < -0.3 is 23.7 Å². The third-order valence-corrected chi connectivity index (χ3v) is 5.31. The summed E-state index contributed by atoms with van der Waals surface area (Å²) >= 11 is 0. The lowest BCUT2D eigenvalue weighted by Gasteiger charge is -2.31. The van der Waals surface area contributed by atoms with E-state index in [0.29, 0.717) is 31.9 Å². The molecule has 0 radical (unpaired) electrons. The van der Waals surface area contributed by atoms with Crippen molar-refractivity contribution in [1.29, 1.82) is 0 Å². The number of methoxy groups -OCH3 is 2. The van der Waals surface area contributed by atoms with E-state index in [1.165, 1.54) is 7.11 Å². The molecule has 1 saturated heterocycles. The van der Waals surface area contributed by atoms with Gasteiger partial charge in [0.15, 0.2) is 6.61 Å². The Morgan fingerprint density at radius 1 is 1.14 bits per heavy atom. The maximum atomic E-state index is 12.5. The lowest BCUT2D eigenvalue weighted by molar-refractivity contribution is -0.142. The summed E-state index contributed by atoms with van der Waals surface area (Å²) in [5, 5.41) is 0.989. The Morgan fingerprint density at radius 3 is 2.64 bits per heavy atom. The van der Waals surface area contributed by atoms with Gasteiger partial charge in [0, 0.05) is 44.7 Å². The van der Waals surface area contributed by atoms with Crippen LogP contribution in [0.3, 0.4) is 0 Å². The number of amides is 1. The minimum atomic E-state index is -0.182. The van der Waals surface area contributed by atoms with Crippen molar-refractivity contribution in [2.45, 2.75) is 25.8 Å². The SMILES string of the molecule is COCCn1ccc2c(OCC(=O)N3CCC(CC(=O)OC)CC3)cccc21. The molecule has 0 atom stereocenters. The number of ether oxygens (including phenoxy) is 3. The van der Waals surface area contributed by atoms with Crippen LogP contribution in [0.2, 0.25) is 0 Å². The normalized spacial score (nSPS) is 15.0. The number of hydrogen-bond acceptors (Lipinski definition) is 5. The summed E-state index contributed by atoms with van der Waals surface area (Å²) < 4.78 is 17.8. The summed E-state index contributed by atoms with van der Waals surface area (Å²) in [6, 6.07) is 7.86. The van der Waals surface area contributed by atoms with E-state index in [4.69, 9.17) is 14.2 Å². The van der Waals surface area contributed by atoms with Crippen molar-refractivity contribution in [1.82, 2.24) is 9.47 Å². The van der Waals surface area contributed by atoms with Crippen molar-refractivity contribution in [3.63, 3.8) is 0 Å². The third-order valence-electron chi connectivity index (χ3n) is 5.31. The zero-order valence-corrected chi connectivity index (χ0v) is 16.6. The van der Waals surface area contributed by atoms with E-state index in [2.05, 4.69) is 4.57 Å². The first-order valence-electron chi connectivity index (χ1n) is 9.66. The van der Waals surface area contributed by atoms with Crippen LogP contribution in [0.4, 0.5) is 0 Å². The Hall–Kier alpha value is -2.54. The largest absolute Gasteiger partial charge is 0.483 e. The van der Waals surface area contributed by atoms with Crippen molar-refractivity contribution in [3.05, 3.63) is 30.5 Å². The third kappa shape index (κ3) is 4.84. The molecule has 0 bridgehead atoms. The monoisotopic (exact) mass is 388 g/mol. The molecule has 1 fully saturated rings. The second kappa shape index (κ2) is 9.59. The average molecular weight is 388 g/mol. The first-order chi connectivity index (χ1) is 13.6. The van der Waals surface area contributed by atoms with Gasteiger partial charge in [0.25, 0.3) is 5.91 Å². The molecule has 7 heteroatoms. The molecule has 1 aromatic carbocycles. The molecular formula is C21H28N2O5. The van der Waals surface area contributed by atoms with Crippen LogP contribution in [0, 0.1) is 5.92 Å². The Labute approximate surface area is 165 Å². The smallest absolute Gasteiger partial charge is 0.305 e. The van der Waals surface area contributed by atoms with Gasteiger partial charge in [0.2, 0.25) is 0 Å². The molecule has 152 valence electrons. The van der Waals surface area contributed by atoms with Gasteiger partial charge in [-0.25, -0.2) is 0 Å². The van der Waals surface area contributed by atoms with E-state index in [1.54, 1.807) is 7.11 Å². The number of rotatable bonds is 8. The fourth-order valence-corrected chi connectivity index (χ4v) is 3.64. The Balaban J connectivity index is 1.54. The number of aromatic nitrogens is 1. The minimum Gasteiger partial charge on any atom is -0.483 e. The highest BCUT2D eigenvalue weighted by Crippen LogP contribution is 2.27. The summed E-state index contributed by atoms with van der Waals surface area (Å²) in [7, 11) is 3.09. The summed E-state index contributed by atoms with van der Waals surface area (Å²) in [4.78, 5) is 25.7. The van der Waals surface area contributed by atoms with Crippen LogP contribution in [-0.2, 0) is 25.6 Å². The second-order valence-corrected chi connectivity index (χ2v) is 7.08. The average Bonchev–Trinajstić information content (AvgIpc) is 3.14. The van der Waals surface area contributed by atoms with Gasteiger partial charge in [-0.3, -0.25) is 9.59 Å². The molecule has 0 saturated carbocycles. The van der Waals surface area contributed by atoms with Crippen LogP contribution < -0.4 is 4.74 Å². The molecule has 3 rings (SSSR count). The van der Waals surface area contributed by atoms with Crippen LogP contribution in [0.15, 0.2) is 30.5 Å². The number of hydrogen-bond donors (Lipinski definition) is 0. The summed E-state index contributed by atoms with van der Waals surface area (Å²) in [5.74, 6) is 0.798. The zero-order valence-electron chi connectivity index (χ0n) is 16.6. The number of carbonyl (C=O) groups is 2. The first kappa shape index (κ1) is 20.2. The molecule has 1 amide bonds. The quantitative estimate of drug-likeness (QED) is 0.650. The van der Waals surface area contributed by atoms with E-state index in [1.807, 2.05) is 35.4 Å². The van der Waals surface area contributed by atoms with E-state index < -0.39 is 0 Å². The topological polar surface area (TPSA) is 70.0 Å². The van der Waals surface area contributed by atoms with E-state index >= 15 is 0 Å². The lowest BCUT2D eigenvalue weighted by Crippen LogP contribution is -2.41.